The molecule has 0 N–H and O–H groups in total. The van der Waals surface area contributed by atoms with Crippen molar-refractivity contribution in [3.63, 3.8) is 0 Å². The van der Waals surface area contributed by atoms with Crippen molar-refractivity contribution in [3.05, 3.63) is 129 Å². The summed E-state index contributed by atoms with van der Waals surface area (Å²) in [4.78, 5) is 0. The number of rotatable bonds is 1. The maximum Gasteiger partial charge on any atom is -0.0264 e. The van der Waals surface area contributed by atoms with E-state index in [2.05, 4.69) is 142 Å². The Labute approximate surface area is 306 Å². The van der Waals surface area contributed by atoms with Gasteiger partial charge in [0.15, 0.2) is 0 Å². The molecular weight excluding hydrogens is 679 g/mol. The maximum absolute atomic E-state index is 3.15. The predicted octanol–water partition coefficient (Wildman–Crippen LogP) is 5.82. The fourth-order valence-electron chi connectivity index (χ4n) is 7.66. The van der Waals surface area contributed by atoms with E-state index < -0.39 is 0 Å². The Kier molecular flexibility index (Phi) is 13.2. The first-order valence-corrected chi connectivity index (χ1v) is 17.6. The van der Waals surface area contributed by atoms with E-state index in [1.165, 1.54) is 52.9 Å². The van der Waals surface area contributed by atoms with Gasteiger partial charge < -0.3 is 24.8 Å². The van der Waals surface area contributed by atoms with E-state index in [0.717, 1.165) is 6.42 Å². The first-order valence-electron chi connectivity index (χ1n) is 16.3. The van der Waals surface area contributed by atoms with E-state index in [9.17, 15) is 0 Å². The van der Waals surface area contributed by atoms with Crippen molar-refractivity contribution in [2.75, 3.05) is 0 Å². The van der Waals surface area contributed by atoms with Crippen molar-refractivity contribution in [1.29, 1.82) is 0 Å². The van der Waals surface area contributed by atoms with Crippen LogP contribution >= 0.6 is 0 Å². The third-order valence-corrected chi connectivity index (χ3v) is 10.6. The third-order valence-electron chi connectivity index (χ3n) is 10.6. The molecule has 7 rings (SSSR count). The molecular formula is C43H48Cl2Zr-2. The molecule has 0 nitrogen and oxygen atoms in total. The first-order chi connectivity index (χ1) is 21.0. The summed E-state index contributed by atoms with van der Waals surface area (Å²) in [7, 11) is 0. The van der Waals surface area contributed by atoms with Gasteiger partial charge >= 0.3 is 41.3 Å². The van der Waals surface area contributed by atoms with Crippen molar-refractivity contribution in [2.24, 2.45) is 11.8 Å². The van der Waals surface area contributed by atoms with Gasteiger partial charge in [0.05, 0.1) is 0 Å². The average molecular weight is 727 g/mol. The molecule has 0 bridgehead atoms. The summed E-state index contributed by atoms with van der Waals surface area (Å²) in [6.07, 6.45) is 8.36. The van der Waals surface area contributed by atoms with Crippen molar-refractivity contribution < 1.29 is 49.0 Å². The van der Waals surface area contributed by atoms with Crippen LogP contribution in [0.5, 0.6) is 0 Å². The van der Waals surface area contributed by atoms with Gasteiger partial charge in [-0.15, -0.1) is 23.1 Å². The Hall–Kier alpha value is -2.18. The molecule has 0 heterocycles. The molecule has 0 spiro atoms. The van der Waals surface area contributed by atoms with Gasteiger partial charge in [-0.05, 0) is 59.9 Å². The maximum atomic E-state index is 3.15. The summed E-state index contributed by atoms with van der Waals surface area (Å²) in [6, 6.07) is 22.0. The second-order valence-corrected chi connectivity index (χ2v) is 15.9. The second kappa shape index (κ2) is 15.8. The number of hydrogen-bond donors (Lipinski definition) is 0. The van der Waals surface area contributed by atoms with Crippen LogP contribution in [0.3, 0.4) is 0 Å². The molecule has 4 aromatic rings. The van der Waals surface area contributed by atoms with Gasteiger partial charge in [-0.3, -0.25) is 6.08 Å². The Morgan fingerprint density at radius 3 is 1.98 bits per heavy atom. The minimum absolute atomic E-state index is 0. The molecule has 240 valence electrons. The minimum Gasteiger partial charge on any atom is -1.00 e. The number of aryl methyl sites for hydroxylation is 1. The van der Waals surface area contributed by atoms with Crippen LogP contribution in [0.1, 0.15) is 111 Å². The van der Waals surface area contributed by atoms with Crippen LogP contribution in [0.4, 0.5) is 0 Å². The SMILES string of the molecule is C[C](C)=[Zr+2].Cc1cc2c(c(C)c1C)C(C)c1c3c(c4ccccc4c1-2)C(C)C(C)C(C)[C-]3C.[C-]1=CC(c2ccccc2)=CC1.[Cl-].[Cl-]. The second-order valence-electron chi connectivity index (χ2n) is 13.4. The quantitative estimate of drug-likeness (QED) is 0.217. The largest absolute Gasteiger partial charge is 1.00 e. The number of benzene rings is 4. The summed E-state index contributed by atoms with van der Waals surface area (Å²) in [5.74, 6) is 3.94. The first kappa shape index (κ1) is 38.3. The molecule has 3 aliphatic rings. The van der Waals surface area contributed by atoms with E-state index >= 15 is 0 Å². The van der Waals surface area contributed by atoms with E-state index in [4.69, 9.17) is 0 Å². The van der Waals surface area contributed by atoms with Gasteiger partial charge in [0, 0.05) is 0 Å². The Bertz CT molecular complexity index is 1770. The molecule has 0 radical (unpaired) electrons. The molecule has 0 amide bonds. The predicted molar refractivity (Wildman–Crippen MR) is 189 cm³/mol. The van der Waals surface area contributed by atoms with E-state index in [1.807, 2.05) is 6.07 Å². The van der Waals surface area contributed by atoms with Gasteiger partial charge in [-0.1, -0.05) is 124 Å². The molecule has 0 saturated heterocycles. The Balaban J connectivity index is 0.000000283. The summed E-state index contributed by atoms with van der Waals surface area (Å²) in [6.45, 7) is 23.3. The molecule has 0 fully saturated rings. The molecule has 3 heteroatoms. The standard InChI is InChI=1S/C29H33.C11H9.C3H6.2ClH.Zr/c1-14-13-24-25(18(5)15(14)2)21(8)28-27-20(7)17(4)16(3)19(6)26(27)22-11-9-10-12-23(22)29(24)28;1-2-6-10(7-3-1)11-8-4-5-9-11;1-3-2;;;/h9-13,16-17,19,21H,1-8H3;1-3,6-9H,4H2;1-2H3;2*1H;/q2*-1;;;;+2/p-2. The molecule has 4 aromatic carbocycles. The molecule has 0 saturated carbocycles. The van der Waals surface area contributed by atoms with E-state index in [0.29, 0.717) is 23.7 Å². The fraction of sp³-hybridized carbons (Fsp3) is 0.349. The molecule has 4 atom stereocenters. The van der Waals surface area contributed by atoms with Gasteiger partial charge in [0.25, 0.3) is 0 Å². The van der Waals surface area contributed by atoms with Crippen LogP contribution in [0.25, 0.3) is 27.5 Å². The summed E-state index contributed by atoms with van der Waals surface area (Å²) < 4.78 is 1.51. The molecule has 4 unspecified atom stereocenters. The summed E-state index contributed by atoms with van der Waals surface area (Å²) >= 11 is 1.55. The van der Waals surface area contributed by atoms with Crippen LogP contribution in [0.15, 0.2) is 72.8 Å². The van der Waals surface area contributed by atoms with Crippen molar-refractivity contribution in [1.82, 2.24) is 0 Å². The van der Waals surface area contributed by atoms with Gasteiger partial charge in [0.1, 0.15) is 0 Å². The van der Waals surface area contributed by atoms with Gasteiger partial charge in [-0.25, -0.2) is 6.08 Å². The molecule has 0 aliphatic heterocycles. The third kappa shape index (κ3) is 6.99. The van der Waals surface area contributed by atoms with Crippen LogP contribution in [-0.4, -0.2) is 3.21 Å². The number of allylic oxidation sites excluding steroid dienone is 4. The van der Waals surface area contributed by atoms with Crippen LogP contribution < -0.4 is 24.8 Å². The zero-order chi connectivity index (χ0) is 31.9. The van der Waals surface area contributed by atoms with Crippen molar-refractivity contribution in [2.45, 2.75) is 87.5 Å². The fourth-order valence-corrected chi connectivity index (χ4v) is 7.66. The zero-order valence-electron chi connectivity index (χ0n) is 29.2. The average Bonchev–Trinajstić information content (AvgIpc) is 3.65. The van der Waals surface area contributed by atoms with Crippen LogP contribution in [0, 0.1) is 44.6 Å². The van der Waals surface area contributed by atoms with Crippen LogP contribution in [-0.2, 0) is 24.2 Å². The van der Waals surface area contributed by atoms with Gasteiger partial charge in [-0.2, -0.15) is 23.1 Å². The Morgan fingerprint density at radius 1 is 0.804 bits per heavy atom. The van der Waals surface area contributed by atoms with E-state index in [-0.39, 0.29) is 24.8 Å². The summed E-state index contributed by atoms with van der Waals surface area (Å²) in [5.41, 5.74) is 16.3. The number of hydrogen-bond acceptors (Lipinski definition) is 0. The summed E-state index contributed by atoms with van der Waals surface area (Å²) in [5, 5.41) is 2.93. The monoisotopic (exact) mass is 724 g/mol. The smallest absolute Gasteiger partial charge is 0.0264 e. The van der Waals surface area contributed by atoms with Crippen LogP contribution in [0.2, 0.25) is 0 Å². The minimum atomic E-state index is 0. The van der Waals surface area contributed by atoms with Gasteiger partial charge in [0.2, 0.25) is 0 Å². The molecule has 46 heavy (non-hydrogen) atoms. The molecule has 3 aliphatic carbocycles. The molecule has 0 aromatic heterocycles. The normalized spacial score (nSPS) is 20.1. The van der Waals surface area contributed by atoms with Crippen molar-refractivity contribution in [3.8, 4) is 11.1 Å². The van der Waals surface area contributed by atoms with Crippen molar-refractivity contribution >= 4 is 19.6 Å². The number of halogens is 2. The topological polar surface area (TPSA) is 0 Å². The number of fused-ring (bicyclic) bond motifs is 8. The zero-order valence-corrected chi connectivity index (χ0v) is 33.2. The van der Waals surface area contributed by atoms with E-state index in [1.54, 1.807) is 52.4 Å². The Morgan fingerprint density at radius 2 is 1.39 bits per heavy atom.